The van der Waals surface area contributed by atoms with Crippen LogP contribution in [0.5, 0.6) is 0 Å². The molecular formula is C14H24O6P-. The van der Waals surface area contributed by atoms with Crippen LogP contribution in [-0.2, 0) is 23.2 Å². The zero-order valence-electron chi connectivity index (χ0n) is 12.9. The molecule has 0 saturated heterocycles. The van der Waals surface area contributed by atoms with Gasteiger partial charge in [0.05, 0.1) is 19.2 Å². The molecule has 1 aliphatic rings. The molecule has 7 heteroatoms. The molecule has 0 aromatic carbocycles. The molecule has 0 N–H and O–H groups in total. The van der Waals surface area contributed by atoms with Crippen LogP contribution in [0, 0.1) is 5.41 Å². The minimum Gasteiger partial charge on any atom is -0.549 e. The first-order chi connectivity index (χ1) is 9.79. The molecule has 0 spiro atoms. The zero-order valence-corrected chi connectivity index (χ0v) is 13.8. The van der Waals surface area contributed by atoms with Gasteiger partial charge in [0.1, 0.15) is 11.4 Å². The lowest BCUT2D eigenvalue weighted by Crippen LogP contribution is -2.43. The van der Waals surface area contributed by atoms with E-state index in [4.69, 9.17) is 9.05 Å². The minimum absolute atomic E-state index is 0.0135. The lowest BCUT2D eigenvalue weighted by atomic mass is 9.71. The number of hydrogen-bond donors (Lipinski definition) is 0. The van der Waals surface area contributed by atoms with Crippen LogP contribution in [0.2, 0.25) is 0 Å². The second-order valence-electron chi connectivity index (χ2n) is 5.61. The van der Waals surface area contributed by atoms with Crippen LogP contribution < -0.4 is 5.11 Å². The molecule has 1 saturated carbocycles. The second kappa shape index (κ2) is 7.52. The van der Waals surface area contributed by atoms with Gasteiger partial charge < -0.3 is 18.9 Å². The lowest BCUT2D eigenvalue weighted by Gasteiger charge is -2.37. The van der Waals surface area contributed by atoms with Crippen LogP contribution in [0.25, 0.3) is 0 Å². The molecule has 21 heavy (non-hydrogen) atoms. The molecule has 1 aliphatic carbocycles. The van der Waals surface area contributed by atoms with Gasteiger partial charge in [-0.05, 0) is 33.1 Å². The summed E-state index contributed by atoms with van der Waals surface area (Å²) in [5.41, 5.74) is -2.21. The Morgan fingerprint density at radius 3 is 2.33 bits per heavy atom. The van der Waals surface area contributed by atoms with Crippen LogP contribution in [-0.4, -0.2) is 30.6 Å². The van der Waals surface area contributed by atoms with Crippen LogP contribution in [0.15, 0.2) is 0 Å². The molecule has 0 heterocycles. The fraction of sp³-hybridized carbons (Fsp3) is 0.857. The van der Waals surface area contributed by atoms with Crippen LogP contribution in [0.3, 0.4) is 0 Å². The van der Waals surface area contributed by atoms with Gasteiger partial charge in [0, 0.05) is 11.8 Å². The Balaban J connectivity index is 3.02. The first-order valence-electron chi connectivity index (χ1n) is 7.42. The number of ketones is 1. The molecule has 0 aromatic rings. The van der Waals surface area contributed by atoms with Gasteiger partial charge in [0.15, 0.2) is 0 Å². The standard InChI is InChI=1S/C14H25O6P/c1-4-19-21(18,20-5-2)11(13(16)17)10-14(3)9-7-6-8-12(14)15/h11H,4-10H2,1-3H3,(H,16,17)/p-1/t11?,14-/m0/s1. The number of aliphatic carboxylic acids is 1. The summed E-state index contributed by atoms with van der Waals surface area (Å²) in [5.74, 6) is -1.47. The van der Waals surface area contributed by atoms with Crippen molar-refractivity contribution in [2.75, 3.05) is 13.2 Å². The van der Waals surface area contributed by atoms with Crippen molar-refractivity contribution >= 4 is 19.3 Å². The Labute approximate surface area is 125 Å². The van der Waals surface area contributed by atoms with E-state index >= 15 is 0 Å². The van der Waals surface area contributed by atoms with Gasteiger partial charge >= 0.3 is 7.60 Å². The van der Waals surface area contributed by atoms with Crippen LogP contribution in [0.1, 0.15) is 52.9 Å². The highest BCUT2D eigenvalue weighted by Crippen LogP contribution is 2.56. The predicted octanol–water partition coefficient (Wildman–Crippen LogP) is 1.91. The van der Waals surface area contributed by atoms with E-state index in [0.29, 0.717) is 12.8 Å². The monoisotopic (exact) mass is 319 g/mol. The molecule has 0 amide bonds. The van der Waals surface area contributed by atoms with Crippen molar-refractivity contribution in [3.8, 4) is 0 Å². The van der Waals surface area contributed by atoms with Gasteiger partial charge in [-0.2, -0.15) is 0 Å². The Hall–Kier alpha value is -0.710. The Kier molecular flexibility index (Phi) is 6.57. The lowest BCUT2D eigenvalue weighted by molar-refractivity contribution is -0.305. The van der Waals surface area contributed by atoms with Crippen molar-refractivity contribution in [2.24, 2.45) is 5.41 Å². The van der Waals surface area contributed by atoms with Gasteiger partial charge in [-0.3, -0.25) is 9.36 Å². The highest BCUT2D eigenvalue weighted by molar-refractivity contribution is 7.55. The Morgan fingerprint density at radius 1 is 1.33 bits per heavy atom. The molecule has 1 fully saturated rings. The van der Waals surface area contributed by atoms with E-state index in [1.807, 2.05) is 0 Å². The topological polar surface area (TPSA) is 92.7 Å². The minimum atomic E-state index is -3.84. The molecule has 1 unspecified atom stereocenters. The maximum absolute atomic E-state index is 12.7. The van der Waals surface area contributed by atoms with E-state index in [-0.39, 0.29) is 25.4 Å². The largest absolute Gasteiger partial charge is 0.549 e. The fourth-order valence-electron chi connectivity index (χ4n) is 2.79. The van der Waals surface area contributed by atoms with Gasteiger partial charge in [-0.1, -0.05) is 13.3 Å². The Bertz CT molecular complexity index is 425. The van der Waals surface area contributed by atoms with Gasteiger partial charge in [-0.25, -0.2) is 0 Å². The SMILES string of the molecule is CCOP(=O)(OCC)C(C[C@]1(C)CCCCC1=O)C(=O)[O-]. The van der Waals surface area contributed by atoms with E-state index in [2.05, 4.69) is 0 Å². The average molecular weight is 319 g/mol. The van der Waals surface area contributed by atoms with E-state index < -0.39 is 24.6 Å². The first-order valence-corrected chi connectivity index (χ1v) is 9.03. The number of carboxylic acids is 1. The van der Waals surface area contributed by atoms with E-state index in [9.17, 15) is 19.3 Å². The number of Topliss-reactive ketones (excluding diaryl/α,β-unsaturated/α-hetero) is 1. The van der Waals surface area contributed by atoms with Crippen molar-refractivity contribution < 1.29 is 28.3 Å². The maximum atomic E-state index is 12.7. The molecule has 0 bridgehead atoms. The average Bonchev–Trinajstić information content (AvgIpc) is 2.40. The summed E-state index contributed by atoms with van der Waals surface area (Å²) in [4.78, 5) is 23.6. The molecular weight excluding hydrogens is 295 g/mol. The van der Waals surface area contributed by atoms with E-state index in [0.717, 1.165) is 12.8 Å². The number of hydrogen-bond acceptors (Lipinski definition) is 6. The van der Waals surface area contributed by atoms with Crippen molar-refractivity contribution in [1.82, 2.24) is 0 Å². The highest BCUT2D eigenvalue weighted by Gasteiger charge is 2.45. The van der Waals surface area contributed by atoms with Gasteiger partial charge in [0.2, 0.25) is 0 Å². The van der Waals surface area contributed by atoms with E-state index in [1.165, 1.54) is 0 Å². The second-order valence-corrected chi connectivity index (χ2v) is 7.82. The van der Waals surface area contributed by atoms with Crippen molar-refractivity contribution in [3.63, 3.8) is 0 Å². The summed E-state index contributed by atoms with van der Waals surface area (Å²) >= 11 is 0. The molecule has 6 nitrogen and oxygen atoms in total. The number of carbonyl (C=O) groups is 2. The molecule has 2 atom stereocenters. The predicted molar refractivity (Wildman–Crippen MR) is 75.9 cm³/mol. The van der Waals surface area contributed by atoms with E-state index in [1.54, 1.807) is 20.8 Å². The number of rotatable bonds is 8. The normalized spacial score (nSPS) is 24.8. The summed E-state index contributed by atoms with van der Waals surface area (Å²) in [6.45, 7) is 5.11. The third-order valence-electron chi connectivity index (χ3n) is 3.97. The maximum Gasteiger partial charge on any atom is 0.339 e. The molecule has 0 radical (unpaired) electrons. The summed E-state index contributed by atoms with van der Waals surface area (Å²) in [6, 6.07) is 0. The van der Waals surface area contributed by atoms with Crippen molar-refractivity contribution in [1.29, 1.82) is 0 Å². The molecule has 1 rings (SSSR count). The highest BCUT2D eigenvalue weighted by atomic mass is 31.2. The molecule has 0 aromatic heterocycles. The number of carbonyl (C=O) groups excluding carboxylic acids is 2. The van der Waals surface area contributed by atoms with Crippen molar-refractivity contribution in [3.05, 3.63) is 0 Å². The van der Waals surface area contributed by atoms with Gasteiger partial charge in [0.25, 0.3) is 0 Å². The number of carboxylic acid groups (broad SMARTS) is 1. The zero-order chi connectivity index (χ0) is 16.1. The van der Waals surface area contributed by atoms with Crippen LogP contribution in [0.4, 0.5) is 0 Å². The summed E-state index contributed by atoms with van der Waals surface area (Å²) in [5, 5.41) is 11.5. The van der Waals surface area contributed by atoms with Crippen LogP contribution >= 0.6 is 7.60 Å². The third-order valence-corrected chi connectivity index (χ3v) is 6.36. The Morgan fingerprint density at radius 2 is 1.90 bits per heavy atom. The smallest absolute Gasteiger partial charge is 0.339 e. The molecule has 0 aliphatic heterocycles. The quantitative estimate of drug-likeness (QED) is 0.634. The third kappa shape index (κ3) is 4.38. The summed E-state index contributed by atoms with van der Waals surface area (Å²) in [7, 11) is -3.84. The fourth-order valence-corrected chi connectivity index (χ4v) is 4.82. The summed E-state index contributed by atoms with van der Waals surface area (Å²) < 4.78 is 22.9. The van der Waals surface area contributed by atoms with Gasteiger partial charge in [-0.15, -0.1) is 0 Å². The molecule has 122 valence electrons. The first kappa shape index (κ1) is 18.3. The summed E-state index contributed by atoms with van der Waals surface area (Å²) in [6.07, 6.45) is 2.64. The van der Waals surface area contributed by atoms with Crippen molar-refractivity contribution in [2.45, 2.75) is 58.5 Å².